The van der Waals surface area contributed by atoms with Crippen molar-refractivity contribution in [1.82, 2.24) is 9.88 Å². The molecule has 4 rings (SSSR count). The first kappa shape index (κ1) is 15.8. The van der Waals surface area contributed by atoms with Crippen LogP contribution in [-0.4, -0.2) is 28.2 Å². The zero-order valence-electron chi connectivity index (χ0n) is 13.8. The van der Waals surface area contributed by atoms with Crippen molar-refractivity contribution in [3.8, 4) is 0 Å². The SMILES string of the molecule is Cc1nc2ccc(NC(=O)C(=O)N3CCc4ccccc4C3)cc2s1. The van der Waals surface area contributed by atoms with E-state index in [1.165, 1.54) is 5.56 Å². The van der Waals surface area contributed by atoms with E-state index >= 15 is 0 Å². The van der Waals surface area contributed by atoms with E-state index in [0.717, 1.165) is 27.2 Å². The number of aryl methyl sites for hydroxylation is 1. The molecule has 126 valence electrons. The van der Waals surface area contributed by atoms with E-state index in [4.69, 9.17) is 0 Å². The van der Waals surface area contributed by atoms with Gasteiger partial charge in [-0.2, -0.15) is 0 Å². The van der Waals surface area contributed by atoms with Crippen LogP contribution in [0.15, 0.2) is 42.5 Å². The lowest BCUT2D eigenvalue weighted by atomic mass is 10.00. The molecule has 0 atom stereocenters. The molecule has 0 bridgehead atoms. The Morgan fingerprint density at radius 3 is 2.80 bits per heavy atom. The highest BCUT2D eigenvalue weighted by atomic mass is 32.1. The fourth-order valence-corrected chi connectivity index (χ4v) is 3.98. The second kappa shape index (κ2) is 6.29. The Bertz CT molecular complexity index is 980. The first-order chi connectivity index (χ1) is 12.1. The molecule has 1 N–H and O–H groups in total. The minimum absolute atomic E-state index is 0.482. The summed E-state index contributed by atoms with van der Waals surface area (Å²) in [5.41, 5.74) is 3.88. The summed E-state index contributed by atoms with van der Waals surface area (Å²) in [6, 6.07) is 13.5. The standard InChI is InChI=1S/C19H17N3O2S/c1-12-20-16-7-6-15(10-17(16)25-12)21-18(23)19(24)22-9-8-13-4-2-3-5-14(13)11-22/h2-7,10H,8-9,11H2,1H3,(H,21,23). The van der Waals surface area contributed by atoms with Crippen LogP contribution >= 0.6 is 11.3 Å². The van der Waals surface area contributed by atoms with Gasteiger partial charge in [0, 0.05) is 18.8 Å². The maximum atomic E-state index is 12.5. The number of fused-ring (bicyclic) bond motifs is 2. The van der Waals surface area contributed by atoms with Crippen molar-refractivity contribution in [2.45, 2.75) is 19.9 Å². The van der Waals surface area contributed by atoms with Crippen LogP contribution in [0.4, 0.5) is 5.69 Å². The quantitative estimate of drug-likeness (QED) is 0.685. The van der Waals surface area contributed by atoms with Gasteiger partial charge in [-0.3, -0.25) is 9.59 Å². The molecule has 0 aliphatic carbocycles. The fourth-order valence-electron chi connectivity index (χ4n) is 3.11. The van der Waals surface area contributed by atoms with Crippen molar-refractivity contribution in [1.29, 1.82) is 0 Å². The maximum absolute atomic E-state index is 12.5. The van der Waals surface area contributed by atoms with Crippen LogP contribution in [0.2, 0.25) is 0 Å². The van der Waals surface area contributed by atoms with Crippen molar-refractivity contribution in [3.63, 3.8) is 0 Å². The minimum Gasteiger partial charge on any atom is -0.330 e. The van der Waals surface area contributed by atoms with E-state index in [9.17, 15) is 9.59 Å². The van der Waals surface area contributed by atoms with Crippen LogP contribution in [-0.2, 0) is 22.6 Å². The molecule has 1 aliphatic heterocycles. The van der Waals surface area contributed by atoms with Crippen molar-refractivity contribution in [3.05, 3.63) is 58.6 Å². The second-order valence-corrected chi connectivity index (χ2v) is 7.35. The molecule has 0 spiro atoms. The Morgan fingerprint density at radius 2 is 1.96 bits per heavy atom. The van der Waals surface area contributed by atoms with Gasteiger partial charge in [-0.15, -0.1) is 11.3 Å². The summed E-state index contributed by atoms with van der Waals surface area (Å²) in [6.07, 6.45) is 0.779. The van der Waals surface area contributed by atoms with Gasteiger partial charge in [0.15, 0.2) is 0 Å². The fraction of sp³-hybridized carbons (Fsp3) is 0.211. The van der Waals surface area contributed by atoms with E-state index in [0.29, 0.717) is 18.8 Å². The van der Waals surface area contributed by atoms with Crippen LogP contribution in [0.5, 0.6) is 0 Å². The van der Waals surface area contributed by atoms with Gasteiger partial charge >= 0.3 is 11.8 Å². The third-order valence-corrected chi connectivity index (χ3v) is 5.30. The van der Waals surface area contributed by atoms with Crippen molar-refractivity contribution in [2.24, 2.45) is 0 Å². The monoisotopic (exact) mass is 351 g/mol. The molecule has 0 unspecified atom stereocenters. The lowest BCUT2D eigenvalue weighted by Gasteiger charge is -2.28. The van der Waals surface area contributed by atoms with E-state index in [1.807, 2.05) is 37.3 Å². The Balaban J connectivity index is 1.47. The van der Waals surface area contributed by atoms with Gasteiger partial charge in [0.2, 0.25) is 0 Å². The molecule has 0 saturated carbocycles. The third-order valence-electron chi connectivity index (χ3n) is 4.37. The summed E-state index contributed by atoms with van der Waals surface area (Å²) in [4.78, 5) is 30.8. The second-order valence-electron chi connectivity index (χ2n) is 6.11. The Labute approximate surface area is 149 Å². The molecule has 1 aromatic heterocycles. The number of hydrogen-bond acceptors (Lipinski definition) is 4. The highest BCUT2D eigenvalue weighted by Gasteiger charge is 2.25. The molecule has 25 heavy (non-hydrogen) atoms. The number of hydrogen-bond donors (Lipinski definition) is 1. The molecule has 0 fully saturated rings. The van der Waals surface area contributed by atoms with Gasteiger partial charge in [0.05, 0.1) is 15.2 Å². The van der Waals surface area contributed by atoms with Gasteiger partial charge in [-0.1, -0.05) is 24.3 Å². The molecule has 3 aromatic rings. The smallest absolute Gasteiger partial charge is 0.313 e. The number of aromatic nitrogens is 1. The largest absolute Gasteiger partial charge is 0.330 e. The lowest BCUT2D eigenvalue weighted by molar-refractivity contribution is -0.143. The third kappa shape index (κ3) is 3.13. The van der Waals surface area contributed by atoms with Crippen LogP contribution < -0.4 is 5.32 Å². The number of thiazole rings is 1. The summed E-state index contributed by atoms with van der Waals surface area (Å²) in [6.45, 7) is 2.99. The molecule has 0 radical (unpaired) electrons. The Kier molecular flexibility index (Phi) is 3.97. The van der Waals surface area contributed by atoms with Gasteiger partial charge in [-0.05, 0) is 42.7 Å². The Morgan fingerprint density at radius 1 is 1.16 bits per heavy atom. The van der Waals surface area contributed by atoms with Gasteiger partial charge in [0.1, 0.15) is 0 Å². The average Bonchev–Trinajstić information content (AvgIpc) is 3.00. The molecule has 2 amide bonds. The summed E-state index contributed by atoms with van der Waals surface area (Å²) in [5.74, 6) is -1.09. The lowest BCUT2D eigenvalue weighted by Crippen LogP contribution is -2.42. The number of benzene rings is 2. The Hall–Kier alpha value is -2.73. The molecule has 5 nitrogen and oxygen atoms in total. The van der Waals surface area contributed by atoms with E-state index in [1.54, 1.807) is 22.3 Å². The topological polar surface area (TPSA) is 62.3 Å². The van der Waals surface area contributed by atoms with E-state index in [2.05, 4.69) is 16.4 Å². The van der Waals surface area contributed by atoms with Gasteiger partial charge in [-0.25, -0.2) is 4.98 Å². The molecular weight excluding hydrogens is 334 g/mol. The van der Waals surface area contributed by atoms with Crippen LogP contribution in [0.3, 0.4) is 0 Å². The maximum Gasteiger partial charge on any atom is 0.313 e. The van der Waals surface area contributed by atoms with E-state index in [-0.39, 0.29) is 0 Å². The van der Waals surface area contributed by atoms with Gasteiger partial charge < -0.3 is 10.2 Å². The molecule has 2 aromatic carbocycles. The normalized spacial score (nSPS) is 13.6. The molecular formula is C19H17N3O2S. The highest BCUT2D eigenvalue weighted by Crippen LogP contribution is 2.25. The average molecular weight is 351 g/mol. The van der Waals surface area contributed by atoms with Crippen LogP contribution in [0, 0.1) is 6.92 Å². The zero-order chi connectivity index (χ0) is 17.4. The molecule has 6 heteroatoms. The number of carbonyl (C=O) groups excluding carboxylic acids is 2. The molecule has 2 heterocycles. The zero-order valence-corrected chi connectivity index (χ0v) is 14.6. The first-order valence-corrected chi connectivity index (χ1v) is 8.96. The number of anilines is 1. The number of amides is 2. The predicted molar refractivity (Wildman–Crippen MR) is 98.5 cm³/mol. The van der Waals surface area contributed by atoms with E-state index < -0.39 is 11.8 Å². The summed E-state index contributed by atoms with van der Waals surface area (Å²) in [7, 11) is 0. The van der Waals surface area contributed by atoms with Crippen molar-refractivity contribution in [2.75, 3.05) is 11.9 Å². The summed E-state index contributed by atoms with van der Waals surface area (Å²) >= 11 is 1.56. The first-order valence-electron chi connectivity index (χ1n) is 8.14. The summed E-state index contributed by atoms with van der Waals surface area (Å²) in [5, 5.41) is 3.69. The minimum atomic E-state index is -0.597. The number of nitrogens with zero attached hydrogens (tertiary/aromatic N) is 2. The summed E-state index contributed by atoms with van der Waals surface area (Å²) < 4.78 is 0.995. The van der Waals surface area contributed by atoms with Gasteiger partial charge in [0.25, 0.3) is 0 Å². The molecule has 0 saturated heterocycles. The number of nitrogens with one attached hydrogen (secondary N) is 1. The van der Waals surface area contributed by atoms with Crippen molar-refractivity contribution < 1.29 is 9.59 Å². The highest BCUT2D eigenvalue weighted by molar-refractivity contribution is 7.18. The number of carbonyl (C=O) groups is 2. The van der Waals surface area contributed by atoms with Crippen LogP contribution in [0.25, 0.3) is 10.2 Å². The van der Waals surface area contributed by atoms with Crippen LogP contribution in [0.1, 0.15) is 16.1 Å². The predicted octanol–water partition coefficient (Wildman–Crippen LogP) is 3.13. The van der Waals surface area contributed by atoms with Crippen molar-refractivity contribution >= 4 is 39.1 Å². The number of rotatable bonds is 1. The molecule has 1 aliphatic rings.